The molecule has 2 unspecified atom stereocenters. The molecule has 1 aliphatic heterocycles. The first-order valence-corrected chi connectivity index (χ1v) is 6.33. The predicted molar refractivity (Wildman–Crippen MR) is 66.9 cm³/mol. The van der Waals surface area contributed by atoms with Gasteiger partial charge in [-0.15, -0.1) is 0 Å². The van der Waals surface area contributed by atoms with Crippen molar-refractivity contribution < 1.29 is 4.79 Å². The molecule has 2 aliphatic rings. The Balaban J connectivity index is 1.70. The molecule has 1 saturated heterocycles. The standard InChI is InChI=1S/C14H18N2O/c1-15-11-6-7-16(9-11)14(17)13-8-10-4-2-3-5-12(10)13/h2-5,11,13,15H,6-9H2,1H3. The summed E-state index contributed by atoms with van der Waals surface area (Å²) in [5.74, 6) is 0.447. The topological polar surface area (TPSA) is 32.3 Å². The largest absolute Gasteiger partial charge is 0.341 e. The van der Waals surface area contributed by atoms with Gasteiger partial charge in [0, 0.05) is 19.1 Å². The van der Waals surface area contributed by atoms with Gasteiger partial charge >= 0.3 is 0 Å². The molecule has 1 amide bonds. The lowest BCUT2D eigenvalue weighted by atomic mass is 9.77. The van der Waals surface area contributed by atoms with Crippen molar-refractivity contribution in [3.05, 3.63) is 35.4 Å². The van der Waals surface area contributed by atoms with Gasteiger partial charge < -0.3 is 10.2 Å². The molecule has 3 rings (SSSR count). The Morgan fingerprint density at radius 1 is 1.41 bits per heavy atom. The van der Waals surface area contributed by atoms with Crippen molar-refractivity contribution in [2.75, 3.05) is 20.1 Å². The number of rotatable bonds is 2. The number of carbonyl (C=O) groups excluding carboxylic acids is 1. The molecular weight excluding hydrogens is 212 g/mol. The monoisotopic (exact) mass is 230 g/mol. The Kier molecular flexibility index (Phi) is 2.63. The van der Waals surface area contributed by atoms with Crippen LogP contribution in [0.4, 0.5) is 0 Å². The SMILES string of the molecule is CNC1CCN(C(=O)C2Cc3ccccc32)C1. The number of fused-ring (bicyclic) bond motifs is 1. The van der Waals surface area contributed by atoms with Gasteiger partial charge in [0.05, 0.1) is 5.92 Å². The van der Waals surface area contributed by atoms with Crippen molar-refractivity contribution >= 4 is 5.91 Å². The third-order valence-corrected chi connectivity index (χ3v) is 4.06. The van der Waals surface area contributed by atoms with E-state index in [2.05, 4.69) is 17.4 Å². The molecule has 90 valence electrons. The lowest BCUT2D eigenvalue weighted by molar-refractivity contribution is -0.132. The zero-order chi connectivity index (χ0) is 11.8. The summed E-state index contributed by atoms with van der Waals surface area (Å²) in [6.45, 7) is 1.77. The average molecular weight is 230 g/mol. The Morgan fingerprint density at radius 2 is 2.24 bits per heavy atom. The highest BCUT2D eigenvalue weighted by molar-refractivity contribution is 5.87. The number of amides is 1. The molecule has 1 aromatic carbocycles. The maximum Gasteiger partial charge on any atom is 0.230 e. The molecule has 0 spiro atoms. The molecule has 3 heteroatoms. The van der Waals surface area contributed by atoms with Crippen LogP contribution in [0.15, 0.2) is 24.3 Å². The molecule has 1 heterocycles. The van der Waals surface area contributed by atoms with E-state index in [9.17, 15) is 4.79 Å². The summed E-state index contributed by atoms with van der Waals surface area (Å²) in [6, 6.07) is 8.77. The van der Waals surface area contributed by atoms with Crippen molar-refractivity contribution in [3.63, 3.8) is 0 Å². The van der Waals surface area contributed by atoms with E-state index >= 15 is 0 Å². The van der Waals surface area contributed by atoms with Crippen LogP contribution >= 0.6 is 0 Å². The highest BCUT2D eigenvalue weighted by Gasteiger charge is 2.36. The van der Waals surface area contributed by atoms with Crippen LogP contribution in [-0.4, -0.2) is 37.0 Å². The van der Waals surface area contributed by atoms with Gasteiger partial charge in [-0.05, 0) is 31.0 Å². The van der Waals surface area contributed by atoms with Crippen molar-refractivity contribution in [1.29, 1.82) is 0 Å². The zero-order valence-electron chi connectivity index (χ0n) is 10.1. The number of nitrogens with one attached hydrogen (secondary N) is 1. The summed E-state index contributed by atoms with van der Waals surface area (Å²) in [5.41, 5.74) is 2.58. The van der Waals surface area contributed by atoms with Crippen molar-refractivity contribution in [2.45, 2.75) is 24.8 Å². The van der Waals surface area contributed by atoms with E-state index in [0.29, 0.717) is 11.9 Å². The highest BCUT2D eigenvalue weighted by Crippen LogP contribution is 2.36. The van der Waals surface area contributed by atoms with Crippen LogP contribution in [0.3, 0.4) is 0 Å². The minimum atomic E-state index is 0.127. The summed E-state index contributed by atoms with van der Waals surface area (Å²) < 4.78 is 0. The van der Waals surface area contributed by atoms with Gasteiger partial charge in [-0.2, -0.15) is 0 Å². The summed E-state index contributed by atoms with van der Waals surface area (Å²) in [4.78, 5) is 14.4. The number of likely N-dealkylation sites (tertiary alicyclic amines) is 1. The van der Waals surface area contributed by atoms with Crippen LogP contribution in [0, 0.1) is 0 Å². The molecule has 0 aromatic heterocycles. The van der Waals surface area contributed by atoms with E-state index in [1.165, 1.54) is 11.1 Å². The molecule has 1 N–H and O–H groups in total. The number of hydrogen-bond acceptors (Lipinski definition) is 2. The lowest BCUT2D eigenvalue weighted by Crippen LogP contribution is -2.39. The fourth-order valence-corrected chi connectivity index (χ4v) is 2.90. The second-order valence-corrected chi connectivity index (χ2v) is 5.01. The molecule has 1 aromatic rings. The first kappa shape index (κ1) is 10.8. The van der Waals surface area contributed by atoms with Gasteiger partial charge in [0.15, 0.2) is 0 Å². The summed E-state index contributed by atoms with van der Waals surface area (Å²) in [6.07, 6.45) is 2.01. The number of carbonyl (C=O) groups is 1. The van der Waals surface area contributed by atoms with Crippen LogP contribution < -0.4 is 5.32 Å². The number of likely N-dealkylation sites (N-methyl/N-ethyl adjacent to an activating group) is 1. The van der Waals surface area contributed by atoms with Gasteiger partial charge in [0.25, 0.3) is 0 Å². The maximum absolute atomic E-state index is 12.3. The quantitative estimate of drug-likeness (QED) is 0.826. The smallest absolute Gasteiger partial charge is 0.230 e. The van der Waals surface area contributed by atoms with Crippen LogP contribution in [0.5, 0.6) is 0 Å². The molecule has 3 nitrogen and oxygen atoms in total. The number of hydrogen-bond donors (Lipinski definition) is 1. The van der Waals surface area contributed by atoms with Crippen molar-refractivity contribution in [1.82, 2.24) is 10.2 Å². The summed E-state index contributed by atoms with van der Waals surface area (Å²) in [5, 5.41) is 3.25. The first-order chi connectivity index (χ1) is 8.29. The lowest BCUT2D eigenvalue weighted by Gasteiger charge is -2.32. The Hall–Kier alpha value is -1.35. The molecule has 0 saturated carbocycles. The zero-order valence-corrected chi connectivity index (χ0v) is 10.1. The Labute approximate surface area is 102 Å². The first-order valence-electron chi connectivity index (χ1n) is 6.33. The fraction of sp³-hybridized carbons (Fsp3) is 0.500. The van der Waals surface area contributed by atoms with Gasteiger partial charge in [-0.3, -0.25) is 4.79 Å². The minimum absolute atomic E-state index is 0.127. The highest BCUT2D eigenvalue weighted by atomic mass is 16.2. The normalized spacial score (nSPS) is 26.5. The second-order valence-electron chi connectivity index (χ2n) is 5.01. The Morgan fingerprint density at radius 3 is 2.94 bits per heavy atom. The van der Waals surface area contributed by atoms with Crippen LogP contribution in [0.2, 0.25) is 0 Å². The van der Waals surface area contributed by atoms with E-state index in [1.807, 2.05) is 24.1 Å². The van der Waals surface area contributed by atoms with E-state index < -0.39 is 0 Å². The molecule has 0 bridgehead atoms. The van der Waals surface area contributed by atoms with Gasteiger partial charge in [-0.25, -0.2) is 0 Å². The summed E-state index contributed by atoms with van der Waals surface area (Å²) >= 11 is 0. The third-order valence-electron chi connectivity index (χ3n) is 4.06. The average Bonchev–Trinajstić information content (AvgIpc) is 2.79. The third kappa shape index (κ3) is 1.75. The van der Waals surface area contributed by atoms with Crippen LogP contribution in [-0.2, 0) is 11.2 Å². The molecule has 1 aliphatic carbocycles. The van der Waals surface area contributed by atoms with Gasteiger partial charge in [0.2, 0.25) is 5.91 Å². The minimum Gasteiger partial charge on any atom is -0.341 e. The summed E-state index contributed by atoms with van der Waals surface area (Å²) in [7, 11) is 1.97. The van der Waals surface area contributed by atoms with Crippen LogP contribution in [0.25, 0.3) is 0 Å². The van der Waals surface area contributed by atoms with E-state index in [-0.39, 0.29) is 5.92 Å². The Bertz CT molecular complexity index is 444. The van der Waals surface area contributed by atoms with E-state index in [4.69, 9.17) is 0 Å². The molecule has 17 heavy (non-hydrogen) atoms. The predicted octanol–water partition coefficient (Wildman–Crippen LogP) is 1.15. The number of nitrogens with zero attached hydrogens (tertiary/aromatic N) is 1. The van der Waals surface area contributed by atoms with Crippen LogP contribution in [0.1, 0.15) is 23.5 Å². The molecule has 0 radical (unpaired) electrons. The van der Waals surface area contributed by atoms with Crippen molar-refractivity contribution in [3.8, 4) is 0 Å². The fourth-order valence-electron chi connectivity index (χ4n) is 2.90. The van der Waals surface area contributed by atoms with Gasteiger partial charge in [-0.1, -0.05) is 24.3 Å². The van der Waals surface area contributed by atoms with Crippen molar-refractivity contribution in [2.24, 2.45) is 0 Å². The second kappa shape index (κ2) is 4.15. The van der Waals surface area contributed by atoms with E-state index in [0.717, 1.165) is 25.9 Å². The van der Waals surface area contributed by atoms with E-state index in [1.54, 1.807) is 0 Å². The molecule has 1 fully saturated rings. The maximum atomic E-state index is 12.3. The molecular formula is C14H18N2O. The van der Waals surface area contributed by atoms with Gasteiger partial charge in [0.1, 0.15) is 0 Å². The number of benzene rings is 1. The molecule has 2 atom stereocenters.